The predicted octanol–water partition coefficient (Wildman–Crippen LogP) is 1.54. The highest BCUT2D eigenvalue weighted by Crippen LogP contribution is 2.10. The van der Waals surface area contributed by atoms with Crippen molar-refractivity contribution in [3.63, 3.8) is 0 Å². The van der Waals surface area contributed by atoms with Crippen molar-refractivity contribution < 1.29 is 13.2 Å². The molecule has 2 rings (SSSR count). The van der Waals surface area contributed by atoms with Gasteiger partial charge in [-0.3, -0.25) is 4.79 Å². The average Bonchev–Trinajstić information content (AvgIpc) is 2.46. The number of carbonyl (C=O) groups is 1. The Bertz CT molecular complexity index is 713. The van der Waals surface area contributed by atoms with Gasteiger partial charge in [0.15, 0.2) is 14.9 Å². The number of para-hydroxylation sites is 1. The zero-order valence-corrected chi connectivity index (χ0v) is 12.2. The largest absolute Gasteiger partial charge is 0.376 e. The first-order chi connectivity index (χ1) is 9.95. The standard InChI is InChI=1S/C14H15N3O3S/c1-21(19,20)14-8-7-12(9-16-14)17-13(18)10-15-11-5-3-2-4-6-11/h2-9,15H,10H2,1H3,(H,17,18). The Morgan fingerprint density at radius 3 is 2.38 bits per heavy atom. The van der Waals surface area contributed by atoms with Gasteiger partial charge in [0.25, 0.3) is 0 Å². The van der Waals surface area contributed by atoms with E-state index < -0.39 is 9.84 Å². The van der Waals surface area contributed by atoms with Crippen molar-refractivity contribution in [3.05, 3.63) is 48.7 Å². The van der Waals surface area contributed by atoms with Gasteiger partial charge in [-0.05, 0) is 24.3 Å². The van der Waals surface area contributed by atoms with Crippen molar-refractivity contribution in [3.8, 4) is 0 Å². The van der Waals surface area contributed by atoms with Crippen molar-refractivity contribution in [1.29, 1.82) is 0 Å². The van der Waals surface area contributed by atoms with Crippen molar-refractivity contribution in [2.75, 3.05) is 23.4 Å². The second-order valence-corrected chi connectivity index (χ2v) is 6.39. The van der Waals surface area contributed by atoms with Gasteiger partial charge in [0.05, 0.1) is 18.4 Å². The van der Waals surface area contributed by atoms with Crippen molar-refractivity contribution >= 4 is 27.1 Å². The van der Waals surface area contributed by atoms with E-state index in [2.05, 4.69) is 15.6 Å². The summed E-state index contributed by atoms with van der Waals surface area (Å²) in [4.78, 5) is 15.5. The van der Waals surface area contributed by atoms with Crippen LogP contribution in [-0.4, -0.2) is 32.1 Å². The van der Waals surface area contributed by atoms with Gasteiger partial charge in [0.2, 0.25) is 5.91 Å². The summed E-state index contributed by atoms with van der Waals surface area (Å²) < 4.78 is 22.5. The highest BCUT2D eigenvalue weighted by atomic mass is 32.2. The van der Waals surface area contributed by atoms with Gasteiger partial charge in [-0.1, -0.05) is 18.2 Å². The van der Waals surface area contributed by atoms with E-state index in [0.717, 1.165) is 11.9 Å². The third-order valence-electron chi connectivity index (χ3n) is 2.63. The molecule has 7 heteroatoms. The van der Waals surface area contributed by atoms with Crippen LogP contribution in [0.15, 0.2) is 53.7 Å². The molecule has 0 aliphatic carbocycles. The Hall–Kier alpha value is -2.41. The molecular formula is C14H15N3O3S. The lowest BCUT2D eigenvalue weighted by Gasteiger charge is -2.07. The first-order valence-corrected chi connectivity index (χ1v) is 8.09. The third kappa shape index (κ3) is 4.57. The molecule has 1 aromatic heterocycles. The van der Waals surface area contributed by atoms with E-state index in [1.54, 1.807) is 0 Å². The lowest BCUT2D eigenvalue weighted by Crippen LogP contribution is -2.21. The monoisotopic (exact) mass is 305 g/mol. The fraction of sp³-hybridized carbons (Fsp3) is 0.143. The number of carbonyl (C=O) groups excluding carboxylic acids is 1. The van der Waals surface area contributed by atoms with E-state index in [9.17, 15) is 13.2 Å². The molecule has 21 heavy (non-hydrogen) atoms. The number of rotatable bonds is 5. The number of nitrogens with zero attached hydrogens (tertiary/aromatic N) is 1. The lowest BCUT2D eigenvalue weighted by atomic mass is 10.3. The maximum absolute atomic E-state index is 11.7. The summed E-state index contributed by atoms with van der Waals surface area (Å²) in [6.45, 7) is 0.109. The number of anilines is 2. The molecule has 6 nitrogen and oxygen atoms in total. The zero-order chi connectivity index (χ0) is 15.3. The first-order valence-electron chi connectivity index (χ1n) is 6.20. The molecule has 0 aliphatic heterocycles. The molecule has 0 atom stereocenters. The maximum atomic E-state index is 11.7. The van der Waals surface area contributed by atoms with Crippen LogP contribution in [0, 0.1) is 0 Å². The molecule has 2 N–H and O–H groups in total. The molecule has 0 radical (unpaired) electrons. The summed E-state index contributed by atoms with van der Waals surface area (Å²) >= 11 is 0. The van der Waals surface area contributed by atoms with Crippen LogP contribution in [0.4, 0.5) is 11.4 Å². The van der Waals surface area contributed by atoms with Crippen molar-refractivity contribution in [1.82, 2.24) is 4.98 Å². The molecule has 0 saturated heterocycles. The molecule has 0 saturated carbocycles. The van der Waals surface area contributed by atoms with Crippen LogP contribution in [-0.2, 0) is 14.6 Å². The Morgan fingerprint density at radius 1 is 1.10 bits per heavy atom. The molecule has 0 unspecified atom stereocenters. The number of benzene rings is 1. The SMILES string of the molecule is CS(=O)(=O)c1ccc(NC(=O)CNc2ccccc2)cn1. The fourth-order valence-electron chi connectivity index (χ4n) is 1.62. The Balaban J connectivity index is 1.91. The highest BCUT2D eigenvalue weighted by molar-refractivity contribution is 7.90. The van der Waals surface area contributed by atoms with E-state index in [1.807, 2.05) is 30.3 Å². The number of nitrogens with one attached hydrogen (secondary N) is 2. The van der Waals surface area contributed by atoms with E-state index >= 15 is 0 Å². The molecule has 2 aromatic rings. The van der Waals surface area contributed by atoms with Crippen LogP contribution in [0.3, 0.4) is 0 Å². The molecule has 0 spiro atoms. The first kappa shape index (κ1) is 15.0. The minimum Gasteiger partial charge on any atom is -0.376 e. The molecular weight excluding hydrogens is 290 g/mol. The van der Waals surface area contributed by atoms with E-state index in [4.69, 9.17) is 0 Å². The molecule has 0 bridgehead atoms. The summed E-state index contributed by atoms with van der Waals surface area (Å²) in [5.41, 5.74) is 1.29. The summed E-state index contributed by atoms with van der Waals surface area (Å²) in [5.74, 6) is -0.243. The van der Waals surface area contributed by atoms with Crippen LogP contribution in [0.2, 0.25) is 0 Å². The van der Waals surface area contributed by atoms with Gasteiger partial charge in [-0.15, -0.1) is 0 Å². The minimum atomic E-state index is -3.33. The summed E-state index contributed by atoms with van der Waals surface area (Å²) in [6.07, 6.45) is 2.40. The Labute approximate surface area is 123 Å². The topological polar surface area (TPSA) is 88.2 Å². The zero-order valence-electron chi connectivity index (χ0n) is 11.4. The Kier molecular flexibility index (Phi) is 4.54. The van der Waals surface area contributed by atoms with Crippen LogP contribution in [0.1, 0.15) is 0 Å². The Morgan fingerprint density at radius 2 is 1.81 bits per heavy atom. The number of hydrogen-bond acceptors (Lipinski definition) is 5. The molecule has 110 valence electrons. The van der Waals surface area contributed by atoms with Gasteiger partial charge < -0.3 is 10.6 Å². The van der Waals surface area contributed by atoms with Crippen LogP contribution in [0.25, 0.3) is 0 Å². The van der Waals surface area contributed by atoms with E-state index in [0.29, 0.717) is 5.69 Å². The smallest absolute Gasteiger partial charge is 0.243 e. The number of sulfone groups is 1. The van der Waals surface area contributed by atoms with Gasteiger partial charge in [0, 0.05) is 11.9 Å². The third-order valence-corrected chi connectivity index (χ3v) is 3.63. The molecule has 1 heterocycles. The number of aromatic nitrogens is 1. The quantitative estimate of drug-likeness (QED) is 0.874. The summed E-state index contributed by atoms with van der Waals surface area (Å²) in [5, 5.41) is 5.58. The second-order valence-electron chi connectivity index (χ2n) is 4.43. The number of amides is 1. The molecule has 0 aliphatic rings. The van der Waals surface area contributed by atoms with E-state index in [1.165, 1.54) is 18.3 Å². The summed E-state index contributed by atoms with van der Waals surface area (Å²) in [6, 6.07) is 12.2. The summed E-state index contributed by atoms with van der Waals surface area (Å²) in [7, 11) is -3.33. The second kappa shape index (κ2) is 6.36. The predicted molar refractivity (Wildman–Crippen MR) is 80.9 cm³/mol. The van der Waals surface area contributed by atoms with Crippen molar-refractivity contribution in [2.45, 2.75) is 5.03 Å². The van der Waals surface area contributed by atoms with Gasteiger partial charge in [-0.2, -0.15) is 0 Å². The average molecular weight is 305 g/mol. The molecule has 1 aromatic carbocycles. The van der Waals surface area contributed by atoms with E-state index in [-0.39, 0.29) is 17.5 Å². The van der Waals surface area contributed by atoms with Crippen LogP contribution >= 0.6 is 0 Å². The lowest BCUT2D eigenvalue weighted by molar-refractivity contribution is -0.114. The van der Waals surface area contributed by atoms with Crippen LogP contribution in [0.5, 0.6) is 0 Å². The fourth-order valence-corrected chi connectivity index (χ4v) is 2.18. The normalized spacial score (nSPS) is 10.9. The molecule has 0 fully saturated rings. The van der Waals surface area contributed by atoms with Gasteiger partial charge in [0.1, 0.15) is 0 Å². The maximum Gasteiger partial charge on any atom is 0.243 e. The minimum absolute atomic E-state index is 0.0251. The van der Waals surface area contributed by atoms with Crippen molar-refractivity contribution in [2.24, 2.45) is 0 Å². The van der Waals surface area contributed by atoms with Gasteiger partial charge >= 0.3 is 0 Å². The van der Waals surface area contributed by atoms with Crippen LogP contribution < -0.4 is 10.6 Å². The van der Waals surface area contributed by atoms with Gasteiger partial charge in [-0.25, -0.2) is 13.4 Å². The highest BCUT2D eigenvalue weighted by Gasteiger charge is 2.09. The number of hydrogen-bond donors (Lipinski definition) is 2. The molecule has 1 amide bonds. The number of pyridine rings is 1.